The van der Waals surface area contributed by atoms with Crippen molar-refractivity contribution in [1.29, 1.82) is 0 Å². The number of hydrogen-bond donors (Lipinski definition) is 0. The van der Waals surface area contributed by atoms with Gasteiger partial charge in [-0.2, -0.15) is 5.10 Å². The van der Waals surface area contributed by atoms with Gasteiger partial charge in [0.2, 0.25) is 0 Å². The summed E-state index contributed by atoms with van der Waals surface area (Å²) in [5.41, 5.74) is 4.99. The molecular weight excluding hydrogens is 372 g/mol. The highest BCUT2D eigenvalue weighted by atomic mass is 16.2. The van der Waals surface area contributed by atoms with Crippen molar-refractivity contribution < 1.29 is 4.79 Å². The third kappa shape index (κ3) is 3.36. The molecule has 2 aromatic heterocycles. The summed E-state index contributed by atoms with van der Waals surface area (Å²) in [6, 6.07) is 22.2. The first-order valence-electron chi connectivity index (χ1n) is 10.5. The second kappa shape index (κ2) is 7.75. The van der Waals surface area contributed by atoms with Crippen LogP contribution in [-0.4, -0.2) is 38.5 Å². The van der Waals surface area contributed by atoms with E-state index in [1.165, 1.54) is 6.42 Å². The molecule has 0 radical (unpaired) electrons. The molecule has 5 rings (SSSR count). The van der Waals surface area contributed by atoms with Crippen molar-refractivity contribution in [2.45, 2.75) is 19.8 Å². The van der Waals surface area contributed by atoms with Crippen LogP contribution >= 0.6 is 0 Å². The number of aromatic nitrogens is 3. The summed E-state index contributed by atoms with van der Waals surface area (Å²) in [5.74, 6) is 0.547. The summed E-state index contributed by atoms with van der Waals surface area (Å²) < 4.78 is 1.79. The molecule has 3 heterocycles. The predicted molar refractivity (Wildman–Crippen MR) is 118 cm³/mol. The highest BCUT2D eigenvalue weighted by molar-refractivity contribution is 6.00. The highest BCUT2D eigenvalue weighted by Crippen LogP contribution is 2.28. The number of benzene rings is 2. The number of likely N-dealkylation sites (tertiary alicyclic amines) is 1. The van der Waals surface area contributed by atoms with Gasteiger partial charge < -0.3 is 4.90 Å². The number of rotatable bonds is 3. The fraction of sp³-hybridized carbons (Fsp3) is 0.240. The van der Waals surface area contributed by atoms with Crippen molar-refractivity contribution in [2.24, 2.45) is 5.92 Å². The molecule has 0 aliphatic carbocycles. The van der Waals surface area contributed by atoms with Crippen LogP contribution < -0.4 is 0 Å². The number of amides is 1. The molecule has 1 atom stereocenters. The second-order valence-electron chi connectivity index (χ2n) is 8.05. The molecule has 4 aromatic rings. The highest BCUT2D eigenvalue weighted by Gasteiger charge is 2.26. The van der Waals surface area contributed by atoms with E-state index >= 15 is 0 Å². The van der Waals surface area contributed by atoms with Crippen LogP contribution in [0.25, 0.3) is 28.2 Å². The van der Waals surface area contributed by atoms with Crippen LogP contribution in [-0.2, 0) is 0 Å². The lowest BCUT2D eigenvalue weighted by atomic mass is 10.00. The Hall–Kier alpha value is -3.47. The molecule has 150 valence electrons. The maximum absolute atomic E-state index is 13.3. The third-order valence-corrected chi connectivity index (χ3v) is 5.79. The van der Waals surface area contributed by atoms with E-state index in [1.807, 2.05) is 59.5 Å². The Morgan fingerprint density at radius 3 is 2.40 bits per heavy atom. The Morgan fingerprint density at radius 1 is 1.00 bits per heavy atom. The monoisotopic (exact) mass is 396 g/mol. The largest absolute Gasteiger partial charge is 0.338 e. The van der Waals surface area contributed by atoms with E-state index in [9.17, 15) is 4.79 Å². The minimum atomic E-state index is 0.0215. The van der Waals surface area contributed by atoms with Crippen LogP contribution in [0.15, 0.2) is 72.9 Å². The molecule has 1 amide bonds. The quantitative estimate of drug-likeness (QED) is 0.493. The zero-order chi connectivity index (χ0) is 20.5. The van der Waals surface area contributed by atoms with E-state index in [2.05, 4.69) is 24.2 Å². The summed E-state index contributed by atoms with van der Waals surface area (Å²) >= 11 is 0. The average Bonchev–Trinajstić information content (AvgIpc) is 3.23. The van der Waals surface area contributed by atoms with Gasteiger partial charge in [0.15, 0.2) is 5.65 Å². The number of hydrogen-bond acceptors (Lipinski definition) is 3. The van der Waals surface area contributed by atoms with Gasteiger partial charge in [-0.05, 0) is 24.8 Å². The molecular formula is C25H24N4O. The smallest absolute Gasteiger partial charge is 0.259 e. The molecule has 1 aliphatic rings. The van der Waals surface area contributed by atoms with Crippen LogP contribution in [0.3, 0.4) is 0 Å². The van der Waals surface area contributed by atoms with Crippen molar-refractivity contribution in [3.05, 3.63) is 78.5 Å². The molecule has 1 aliphatic heterocycles. The van der Waals surface area contributed by atoms with E-state index in [1.54, 1.807) is 10.7 Å². The van der Waals surface area contributed by atoms with Gasteiger partial charge in [0.25, 0.3) is 5.91 Å². The molecule has 2 aromatic carbocycles. The Balaban J connectivity index is 1.68. The number of carbonyl (C=O) groups excluding carboxylic acids is 1. The van der Waals surface area contributed by atoms with Crippen LogP contribution in [0.4, 0.5) is 0 Å². The molecule has 1 fully saturated rings. The number of piperidine rings is 1. The summed E-state index contributed by atoms with van der Waals surface area (Å²) in [5, 5.41) is 4.57. The number of nitrogens with zero attached hydrogens (tertiary/aromatic N) is 4. The van der Waals surface area contributed by atoms with Crippen molar-refractivity contribution in [1.82, 2.24) is 19.5 Å². The molecule has 1 saturated heterocycles. The minimum Gasteiger partial charge on any atom is -0.338 e. The lowest BCUT2D eigenvalue weighted by Crippen LogP contribution is -2.39. The van der Waals surface area contributed by atoms with Gasteiger partial charge in [0.1, 0.15) is 5.56 Å². The zero-order valence-corrected chi connectivity index (χ0v) is 17.0. The summed E-state index contributed by atoms with van der Waals surface area (Å²) in [7, 11) is 0. The molecule has 5 nitrogen and oxygen atoms in total. The SMILES string of the molecule is CC1CCCN(C(=O)c2cnn3c(-c4ccccc4)cc(-c4ccccc4)nc23)C1. The van der Waals surface area contributed by atoms with Gasteiger partial charge in [-0.3, -0.25) is 4.79 Å². The summed E-state index contributed by atoms with van der Waals surface area (Å²) in [6.07, 6.45) is 3.89. The topological polar surface area (TPSA) is 50.5 Å². The van der Waals surface area contributed by atoms with E-state index in [0.717, 1.165) is 42.0 Å². The molecule has 1 unspecified atom stereocenters. The maximum Gasteiger partial charge on any atom is 0.259 e. The van der Waals surface area contributed by atoms with Crippen molar-refractivity contribution in [3.8, 4) is 22.5 Å². The average molecular weight is 396 g/mol. The first-order chi connectivity index (χ1) is 14.7. The van der Waals surface area contributed by atoms with Crippen LogP contribution in [0, 0.1) is 5.92 Å². The fourth-order valence-electron chi connectivity index (χ4n) is 4.23. The van der Waals surface area contributed by atoms with Crippen molar-refractivity contribution >= 4 is 11.6 Å². The molecule has 0 bridgehead atoms. The number of fused-ring (bicyclic) bond motifs is 1. The molecule has 5 heteroatoms. The Kier molecular flexibility index (Phi) is 4.79. The Morgan fingerprint density at radius 2 is 1.70 bits per heavy atom. The Bertz CT molecular complexity index is 1180. The second-order valence-corrected chi connectivity index (χ2v) is 8.05. The lowest BCUT2D eigenvalue weighted by Gasteiger charge is -2.30. The predicted octanol–water partition coefficient (Wildman–Crippen LogP) is 4.94. The molecule has 0 spiro atoms. The maximum atomic E-state index is 13.3. The number of carbonyl (C=O) groups is 1. The molecule has 0 saturated carbocycles. The fourth-order valence-corrected chi connectivity index (χ4v) is 4.23. The normalized spacial score (nSPS) is 16.7. The Labute approximate surface area is 176 Å². The lowest BCUT2D eigenvalue weighted by molar-refractivity contribution is 0.0685. The van der Waals surface area contributed by atoms with Crippen LogP contribution in [0.5, 0.6) is 0 Å². The molecule has 0 N–H and O–H groups in total. The first kappa shape index (κ1) is 18.6. The van der Waals surface area contributed by atoms with Crippen LogP contribution in [0.1, 0.15) is 30.1 Å². The van der Waals surface area contributed by atoms with Crippen molar-refractivity contribution in [2.75, 3.05) is 13.1 Å². The van der Waals surface area contributed by atoms with Gasteiger partial charge in [0, 0.05) is 24.2 Å². The van der Waals surface area contributed by atoms with E-state index < -0.39 is 0 Å². The molecule has 30 heavy (non-hydrogen) atoms. The standard InChI is InChI=1S/C25H24N4O/c1-18-9-8-14-28(17-18)25(30)21-16-26-29-23(20-12-6-3-7-13-20)15-22(27-24(21)29)19-10-4-2-5-11-19/h2-7,10-13,15-16,18H,8-9,14,17H2,1H3. The van der Waals surface area contributed by atoms with Crippen LogP contribution in [0.2, 0.25) is 0 Å². The van der Waals surface area contributed by atoms with Gasteiger partial charge in [-0.25, -0.2) is 9.50 Å². The first-order valence-corrected chi connectivity index (χ1v) is 10.5. The van der Waals surface area contributed by atoms with Gasteiger partial charge >= 0.3 is 0 Å². The van der Waals surface area contributed by atoms with Crippen molar-refractivity contribution in [3.63, 3.8) is 0 Å². The van der Waals surface area contributed by atoms with E-state index in [0.29, 0.717) is 17.1 Å². The summed E-state index contributed by atoms with van der Waals surface area (Å²) in [4.78, 5) is 20.2. The summed E-state index contributed by atoms with van der Waals surface area (Å²) in [6.45, 7) is 3.79. The van der Waals surface area contributed by atoms with Gasteiger partial charge in [-0.1, -0.05) is 67.6 Å². The van der Waals surface area contributed by atoms with E-state index in [-0.39, 0.29) is 5.91 Å². The van der Waals surface area contributed by atoms with Gasteiger partial charge in [0.05, 0.1) is 17.6 Å². The van der Waals surface area contributed by atoms with Gasteiger partial charge in [-0.15, -0.1) is 0 Å². The zero-order valence-electron chi connectivity index (χ0n) is 17.0. The third-order valence-electron chi connectivity index (χ3n) is 5.79. The van der Waals surface area contributed by atoms with E-state index in [4.69, 9.17) is 4.98 Å². The minimum absolute atomic E-state index is 0.0215.